The average molecular weight is 313 g/mol. The van der Waals surface area contributed by atoms with Crippen LogP contribution in [-0.4, -0.2) is 10.1 Å². The summed E-state index contributed by atoms with van der Waals surface area (Å²) in [6.07, 6.45) is -4.52. The number of rotatable bonds is 1. The van der Waals surface area contributed by atoms with E-state index >= 15 is 0 Å². The van der Waals surface area contributed by atoms with Crippen molar-refractivity contribution in [2.75, 3.05) is 0 Å². The van der Waals surface area contributed by atoms with Crippen LogP contribution in [0.5, 0.6) is 0 Å². The minimum absolute atomic E-state index is 0.111. The van der Waals surface area contributed by atoms with E-state index in [1.807, 2.05) is 0 Å². The molecular weight excluding hydrogens is 305 g/mol. The maximum absolute atomic E-state index is 13.2. The molecule has 0 unspecified atom stereocenters. The number of pyridine rings is 1. The number of nitrogens with zero attached hydrogens (tertiary/aromatic N) is 2. The predicted molar refractivity (Wildman–Crippen MR) is 72.0 cm³/mol. The van der Waals surface area contributed by atoms with Gasteiger partial charge in [0.25, 0.3) is 5.71 Å². The van der Waals surface area contributed by atoms with Crippen LogP contribution < -0.4 is 0 Å². The Kier molecular flexibility index (Phi) is 3.13. The van der Waals surface area contributed by atoms with Gasteiger partial charge >= 0.3 is 6.18 Å². The van der Waals surface area contributed by atoms with Gasteiger partial charge < -0.3 is 4.52 Å². The molecule has 0 saturated carbocycles. The molecule has 3 rings (SSSR count). The molecule has 108 valence electrons. The van der Waals surface area contributed by atoms with Crippen molar-refractivity contribution in [2.45, 2.75) is 13.1 Å². The zero-order chi connectivity index (χ0) is 15.2. The first-order valence-electron chi connectivity index (χ1n) is 5.96. The average Bonchev–Trinajstić information content (AvgIpc) is 2.79. The number of fused-ring (bicyclic) bond motifs is 1. The minimum Gasteiger partial charge on any atom is -0.336 e. The Bertz CT molecular complexity index is 809. The Morgan fingerprint density at radius 1 is 1.14 bits per heavy atom. The maximum Gasteiger partial charge on any atom is 0.417 e. The lowest BCUT2D eigenvalue weighted by Gasteiger charge is -2.10. The highest BCUT2D eigenvalue weighted by atomic mass is 35.5. The third-order valence-electron chi connectivity index (χ3n) is 3.06. The molecule has 0 aliphatic heterocycles. The summed E-state index contributed by atoms with van der Waals surface area (Å²) in [7, 11) is 0. The van der Waals surface area contributed by atoms with E-state index in [0.717, 1.165) is 6.07 Å². The summed E-state index contributed by atoms with van der Waals surface area (Å²) in [6, 6.07) is 7.36. The topological polar surface area (TPSA) is 38.9 Å². The molecule has 1 aromatic carbocycles. The molecule has 0 radical (unpaired) electrons. The van der Waals surface area contributed by atoms with Crippen LogP contribution in [0.1, 0.15) is 11.3 Å². The molecular formula is C14H8ClF3N2O. The quantitative estimate of drug-likeness (QED) is 0.643. The molecule has 0 amide bonds. The van der Waals surface area contributed by atoms with Gasteiger partial charge in [0.15, 0.2) is 0 Å². The number of hydrogen-bond donors (Lipinski definition) is 0. The van der Waals surface area contributed by atoms with Gasteiger partial charge in [0, 0.05) is 10.6 Å². The van der Waals surface area contributed by atoms with Crippen molar-refractivity contribution >= 4 is 22.7 Å². The number of hydrogen-bond acceptors (Lipinski definition) is 3. The standard InChI is InChI=1S/C14H8ClF3N2O/c1-7-12-10(14(16,17)18)6-11(19-13(12)21-20-7)8-2-4-9(15)5-3-8/h2-6H,1H3. The molecule has 3 aromatic rings. The zero-order valence-corrected chi connectivity index (χ0v) is 11.5. The molecule has 0 fully saturated rings. The normalized spacial score (nSPS) is 12.0. The van der Waals surface area contributed by atoms with Crippen molar-refractivity contribution in [2.24, 2.45) is 0 Å². The Labute approximate surface area is 122 Å². The van der Waals surface area contributed by atoms with E-state index in [-0.39, 0.29) is 22.5 Å². The van der Waals surface area contributed by atoms with E-state index in [4.69, 9.17) is 16.1 Å². The second-order valence-electron chi connectivity index (χ2n) is 4.51. The van der Waals surface area contributed by atoms with Crippen molar-refractivity contribution in [3.05, 3.63) is 46.6 Å². The molecule has 0 atom stereocenters. The Balaban J connectivity index is 2.28. The van der Waals surface area contributed by atoms with Gasteiger partial charge in [0.2, 0.25) is 0 Å². The van der Waals surface area contributed by atoms with Crippen LogP contribution in [0.25, 0.3) is 22.4 Å². The number of benzene rings is 1. The van der Waals surface area contributed by atoms with Crippen LogP contribution in [0.2, 0.25) is 5.02 Å². The molecule has 0 bridgehead atoms. The van der Waals surface area contributed by atoms with E-state index in [2.05, 4.69) is 10.1 Å². The van der Waals surface area contributed by atoms with Gasteiger partial charge in [-0.05, 0) is 25.1 Å². The molecule has 21 heavy (non-hydrogen) atoms. The molecule has 0 N–H and O–H groups in total. The molecule has 0 aliphatic rings. The van der Waals surface area contributed by atoms with Crippen molar-refractivity contribution < 1.29 is 17.7 Å². The van der Waals surface area contributed by atoms with Gasteiger partial charge in [-0.25, -0.2) is 4.98 Å². The molecule has 7 heteroatoms. The fourth-order valence-electron chi connectivity index (χ4n) is 2.09. The van der Waals surface area contributed by atoms with Crippen LogP contribution in [0.3, 0.4) is 0 Å². The van der Waals surface area contributed by atoms with Crippen LogP contribution in [0, 0.1) is 6.92 Å². The number of alkyl halides is 3. The summed E-state index contributed by atoms with van der Waals surface area (Å²) >= 11 is 5.77. The van der Waals surface area contributed by atoms with E-state index in [0.29, 0.717) is 10.6 Å². The molecule has 2 aromatic heterocycles. The smallest absolute Gasteiger partial charge is 0.336 e. The van der Waals surface area contributed by atoms with Crippen LogP contribution in [0.15, 0.2) is 34.9 Å². The van der Waals surface area contributed by atoms with Gasteiger partial charge in [-0.15, -0.1) is 0 Å². The van der Waals surface area contributed by atoms with Gasteiger partial charge in [0.05, 0.1) is 22.3 Å². The third-order valence-corrected chi connectivity index (χ3v) is 3.31. The van der Waals surface area contributed by atoms with Gasteiger partial charge in [0.1, 0.15) is 0 Å². The molecule has 0 saturated heterocycles. The van der Waals surface area contributed by atoms with E-state index in [1.165, 1.54) is 6.92 Å². The highest BCUT2D eigenvalue weighted by Crippen LogP contribution is 2.38. The first-order chi connectivity index (χ1) is 9.86. The highest BCUT2D eigenvalue weighted by molar-refractivity contribution is 6.30. The van der Waals surface area contributed by atoms with Crippen LogP contribution in [0.4, 0.5) is 13.2 Å². The summed E-state index contributed by atoms with van der Waals surface area (Å²) in [5.74, 6) is 0. The van der Waals surface area contributed by atoms with Crippen molar-refractivity contribution in [3.8, 4) is 11.3 Å². The van der Waals surface area contributed by atoms with Crippen molar-refractivity contribution in [1.29, 1.82) is 0 Å². The maximum atomic E-state index is 13.2. The molecule has 2 heterocycles. The van der Waals surface area contributed by atoms with E-state index < -0.39 is 11.7 Å². The van der Waals surface area contributed by atoms with Crippen LogP contribution >= 0.6 is 11.6 Å². The zero-order valence-electron chi connectivity index (χ0n) is 10.7. The third kappa shape index (κ3) is 2.47. The van der Waals surface area contributed by atoms with Gasteiger partial charge in [-0.2, -0.15) is 13.2 Å². The van der Waals surface area contributed by atoms with Gasteiger partial charge in [-0.1, -0.05) is 28.9 Å². The van der Waals surface area contributed by atoms with Crippen molar-refractivity contribution in [1.82, 2.24) is 10.1 Å². The lowest BCUT2D eigenvalue weighted by atomic mass is 10.1. The summed E-state index contributed by atoms with van der Waals surface area (Å²) in [4.78, 5) is 4.10. The minimum atomic E-state index is -4.52. The fourth-order valence-corrected chi connectivity index (χ4v) is 2.21. The SMILES string of the molecule is Cc1noc2nc(-c3ccc(Cl)cc3)cc(C(F)(F)F)c12. The number of halogens is 4. The summed E-state index contributed by atoms with van der Waals surface area (Å²) in [6.45, 7) is 1.45. The Morgan fingerprint density at radius 3 is 2.43 bits per heavy atom. The molecule has 0 aliphatic carbocycles. The summed E-state index contributed by atoms with van der Waals surface area (Å²) < 4.78 is 44.5. The predicted octanol–water partition coefficient (Wildman–Crippen LogP) is 4.87. The summed E-state index contributed by atoms with van der Waals surface area (Å²) in [5.41, 5.74) is -0.112. The number of aromatic nitrogens is 2. The van der Waals surface area contributed by atoms with E-state index in [9.17, 15) is 13.2 Å². The first-order valence-corrected chi connectivity index (χ1v) is 6.34. The largest absolute Gasteiger partial charge is 0.417 e. The second kappa shape index (κ2) is 4.73. The Morgan fingerprint density at radius 2 is 1.81 bits per heavy atom. The van der Waals surface area contributed by atoms with Crippen molar-refractivity contribution in [3.63, 3.8) is 0 Å². The molecule has 3 nitrogen and oxygen atoms in total. The lowest BCUT2D eigenvalue weighted by molar-refractivity contribution is -0.136. The van der Waals surface area contributed by atoms with Gasteiger partial charge in [-0.3, -0.25) is 0 Å². The number of aryl methyl sites for hydroxylation is 1. The first kappa shape index (κ1) is 13.9. The van der Waals surface area contributed by atoms with E-state index in [1.54, 1.807) is 24.3 Å². The second-order valence-corrected chi connectivity index (χ2v) is 4.94. The molecule has 0 spiro atoms. The highest BCUT2D eigenvalue weighted by Gasteiger charge is 2.35. The Hall–Kier alpha value is -2.08. The monoisotopic (exact) mass is 312 g/mol. The van der Waals surface area contributed by atoms with Crippen LogP contribution in [-0.2, 0) is 6.18 Å². The summed E-state index contributed by atoms with van der Waals surface area (Å²) in [5, 5.41) is 3.94. The fraction of sp³-hybridized carbons (Fsp3) is 0.143. The lowest BCUT2D eigenvalue weighted by Crippen LogP contribution is -2.07.